The van der Waals surface area contributed by atoms with Crippen LogP contribution in [-0.2, 0) is 0 Å². The zero-order chi connectivity index (χ0) is 14.0. The number of anilines is 1. The van der Waals surface area contributed by atoms with E-state index in [2.05, 4.69) is 4.98 Å². The van der Waals surface area contributed by atoms with Gasteiger partial charge in [0.05, 0.1) is 17.1 Å². The lowest BCUT2D eigenvalue weighted by atomic mass is 10.1. The molecule has 0 radical (unpaired) electrons. The number of nitrogen functional groups attached to an aromatic ring is 1. The van der Waals surface area contributed by atoms with E-state index in [1.807, 2.05) is 26.0 Å². The van der Waals surface area contributed by atoms with Crippen molar-refractivity contribution in [1.82, 2.24) is 4.98 Å². The molecule has 1 heterocycles. The molecule has 0 aliphatic rings. The predicted molar refractivity (Wildman–Crippen MR) is 71.3 cm³/mol. The highest BCUT2D eigenvalue weighted by molar-refractivity contribution is 5.47. The van der Waals surface area contributed by atoms with E-state index >= 15 is 0 Å². The molecule has 0 unspecified atom stereocenters. The summed E-state index contributed by atoms with van der Waals surface area (Å²) in [5, 5.41) is 10.7. The zero-order valence-electron chi connectivity index (χ0n) is 10.6. The van der Waals surface area contributed by atoms with Gasteiger partial charge < -0.3 is 10.5 Å². The summed E-state index contributed by atoms with van der Waals surface area (Å²) in [5.74, 6) is 0.766. The van der Waals surface area contributed by atoms with Gasteiger partial charge in [0.2, 0.25) is 5.88 Å². The molecule has 2 rings (SSSR count). The number of ether oxygens (including phenoxy) is 1. The van der Waals surface area contributed by atoms with Gasteiger partial charge in [0.1, 0.15) is 11.6 Å². The van der Waals surface area contributed by atoms with Crippen LogP contribution in [0.1, 0.15) is 11.1 Å². The Bertz CT molecular complexity index is 641. The van der Waals surface area contributed by atoms with Gasteiger partial charge in [-0.1, -0.05) is 12.1 Å². The molecule has 0 aliphatic heterocycles. The van der Waals surface area contributed by atoms with Gasteiger partial charge in [-0.05, 0) is 31.0 Å². The summed E-state index contributed by atoms with van der Waals surface area (Å²) in [5.41, 5.74) is 7.40. The Balaban J connectivity index is 2.38. The number of benzene rings is 1. The van der Waals surface area contributed by atoms with Crippen LogP contribution in [0, 0.1) is 24.0 Å². The van der Waals surface area contributed by atoms with Crippen LogP contribution < -0.4 is 10.5 Å². The minimum Gasteiger partial charge on any atom is -0.438 e. The maximum absolute atomic E-state index is 10.7. The summed E-state index contributed by atoms with van der Waals surface area (Å²) in [7, 11) is 0. The average molecular weight is 259 g/mol. The molecule has 2 aromatic rings. The number of pyridine rings is 1. The monoisotopic (exact) mass is 259 g/mol. The highest BCUT2D eigenvalue weighted by atomic mass is 16.6. The van der Waals surface area contributed by atoms with Crippen molar-refractivity contribution < 1.29 is 9.66 Å². The lowest BCUT2D eigenvalue weighted by Gasteiger charge is -2.09. The van der Waals surface area contributed by atoms with Crippen molar-refractivity contribution in [1.29, 1.82) is 0 Å². The lowest BCUT2D eigenvalue weighted by molar-refractivity contribution is -0.384. The molecule has 6 nitrogen and oxygen atoms in total. The Morgan fingerprint density at radius 1 is 1.32 bits per heavy atom. The van der Waals surface area contributed by atoms with E-state index in [4.69, 9.17) is 10.5 Å². The van der Waals surface area contributed by atoms with Crippen LogP contribution in [0.15, 0.2) is 30.3 Å². The number of nitro groups is 1. The van der Waals surface area contributed by atoms with E-state index in [1.165, 1.54) is 12.1 Å². The number of nitrogens with two attached hydrogens (primary N) is 1. The van der Waals surface area contributed by atoms with Crippen molar-refractivity contribution in [2.45, 2.75) is 13.8 Å². The van der Waals surface area contributed by atoms with Gasteiger partial charge in [0, 0.05) is 0 Å². The minimum atomic E-state index is -0.534. The van der Waals surface area contributed by atoms with E-state index in [1.54, 1.807) is 6.07 Å². The number of aromatic nitrogens is 1. The van der Waals surface area contributed by atoms with Gasteiger partial charge in [0.15, 0.2) is 0 Å². The maximum atomic E-state index is 10.7. The fourth-order valence-corrected chi connectivity index (χ4v) is 1.62. The fourth-order valence-electron chi connectivity index (χ4n) is 1.62. The van der Waals surface area contributed by atoms with Crippen LogP contribution in [0.5, 0.6) is 11.6 Å². The number of rotatable bonds is 3. The molecule has 98 valence electrons. The molecule has 1 aromatic carbocycles. The summed E-state index contributed by atoms with van der Waals surface area (Å²) in [6.45, 7) is 3.86. The second-order valence-electron chi connectivity index (χ2n) is 4.15. The maximum Gasteiger partial charge on any atom is 0.278 e. The van der Waals surface area contributed by atoms with E-state index in [0.717, 1.165) is 11.1 Å². The SMILES string of the molecule is Cc1cccc(Oc2cc([N+](=O)[O-])cc(N)n2)c1C. The van der Waals surface area contributed by atoms with E-state index in [0.29, 0.717) is 5.75 Å². The Hall–Kier alpha value is -2.63. The Kier molecular flexibility index (Phi) is 3.33. The number of aryl methyl sites for hydroxylation is 1. The molecular formula is C13H13N3O3. The summed E-state index contributed by atoms with van der Waals surface area (Å²) >= 11 is 0. The molecule has 0 bridgehead atoms. The first kappa shape index (κ1) is 12.8. The second-order valence-corrected chi connectivity index (χ2v) is 4.15. The number of nitrogens with zero attached hydrogens (tertiary/aromatic N) is 2. The quantitative estimate of drug-likeness (QED) is 0.675. The van der Waals surface area contributed by atoms with Crippen LogP contribution in [-0.4, -0.2) is 9.91 Å². The molecule has 0 fully saturated rings. The van der Waals surface area contributed by atoms with E-state index in [-0.39, 0.29) is 17.4 Å². The van der Waals surface area contributed by atoms with Crippen molar-refractivity contribution in [3.8, 4) is 11.6 Å². The lowest BCUT2D eigenvalue weighted by Crippen LogP contribution is -1.98. The molecule has 0 aliphatic carbocycles. The molecule has 0 atom stereocenters. The Morgan fingerprint density at radius 3 is 2.74 bits per heavy atom. The van der Waals surface area contributed by atoms with Gasteiger partial charge in [-0.15, -0.1) is 0 Å². The van der Waals surface area contributed by atoms with Crippen molar-refractivity contribution in [2.24, 2.45) is 0 Å². The second kappa shape index (κ2) is 4.93. The molecule has 6 heteroatoms. The standard InChI is InChI=1S/C13H13N3O3/c1-8-4-3-5-11(9(8)2)19-13-7-10(16(17)18)6-12(14)15-13/h3-7H,1-2H3,(H2,14,15). The Labute approximate surface area is 110 Å². The molecule has 19 heavy (non-hydrogen) atoms. The van der Waals surface area contributed by atoms with Crippen LogP contribution in [0.25, 0.3) is 0 Å². The van der Waals surface area contributed by atoms with Crippen molar-refractivity contribution in [2.75, 3.05) is 5.73 Å². The highest BCUT2D eigenvalue weighted by Crippen LogP contribution is 2.28. The van der Waals surface area contributed by atoms with Gasteiger partial charge in [0.25, 0.3) is 5.69 Å². The molecule has 1 aromatic heterocycles. The highest BCUT2D eigenvalue weighted by Gasteiger charge is 2.12. The van der Waals surface area contributed by atoms with E-state index < -0.39 is 4.92 Å². The van der Waals surface area contributed by atoms with Gasteiger partial charge in [-0.25, -0.2) is 0 Å². The first-order valence-electron chi connectivity index (χ1n) is 5.63. The van der Waals surface area contributed by atoms with Crippen molar-refractivity contribution >= 4 is 11.5 Å². The third-order valence-corrected chi connectivity index (χ3v) is 2.79. The van der Waals surface area contributed by atoms with Crippen LogP contribution >= 0.6 is 0 Å². The van der Waals surface area contributed by atoms with E-state index in [9.17, 15) is 10.1 Å². The zero-order valence-corrected chi connectivity index (χ0v) is 10.6. The molecular weight excluding hydrogens is 246 g/mol. The van der Waals surface area contributed by atoms with Crippen LogP contribution in [0.4, 0.5) is 11.5 Å². The minimum absolute atomic E-state index is 0.0505. The topological polar surface area (TPSA) is 91.3 Å². The van der Waals surface area contributed by atoms with Crippen LogP contribution in [0.2, 0.25) is 0 Å². The normalized spacial score (nSPS) is 10.2. The van der Waals surface area contributed by atoms with Gasteiger partial charge in [-0.3, -0.25) is 10.1 Å². The molecule has 0 amide bonds. The van der Waals surface area contributed by atoms with Gasteiger partial charge >= 0.3 is 0 Å². The van der Waals surface area contributed by atoms with Crippen molar-refractivity contribution in [3.63, 3.8) is 0 Å². The fraction of sp³-hybridized carbons (Fsp3) is 0.154. The number of hydrogen-bond donors (Lipinski definition) is 1. The summed E-state index contributed by atoms with van der Waals surface area (Å²) in [4.78, 5) is 14.1. The first-order chi connectivity index (χ1) is 8.97. The summed E-state index contributed by atoms with van der Waals surface area (Å²) in [6.07, 6.45) is 0. The average Bonchev–Trinajstić information content (AvgIpc) is 2.34. The third kappa shape index (κ3) is 2.79. The van der Waals surface area contributed by atoms with Crippen molar-refractivity contribution in [3.05, 3.63) is 51.6 Å². The molecule has 0 spiro atoms. The first-order valence-corrected chi connectivity index (χ1v) is 5.63. The summed E-state index contributed by atoms with van der Waals surface area (Å²) in [6, 6.07) is 8.02. The smallest absolute Gasteiger partial charge is 0.278 e. The molecule has 2 N–H and O–H groups in total. The Morgan fingerprint density at radius 2 is 2.05 bits per heavy atom. The third-order valence-electron chi connectivity index (χ3n) is 2.79. The van der Waals surface area contributed by atoms with Gasteiger partial charge in [-0.2, -0.15) is 4.98 Å². The number of hydrogen-bond acceptors (Lipinski definition) is 5. The molecule has 0 saturated heterocycles. The predicted octanol–water partition coefficient (Wildman–Crippen LogP) is 2.98. The van der Waals surface area contributed by atoms with Crippen LogP contribution in [0.3, 0.4) is 0 Å². The largest absolute Gasteiger partial charge is 0.438 e. The molecule has 0 saturated carbocycles. The summed E-state index contributed by atoms with van der Waals surface area (Å²) < 4.78 is 5.57.